The van der Waals surface area contributed by atoms with E-state index < -0.39 is 23.6 Å². The number of carbonyl (C=O) groups is 2. The smallest absolute Gasteiger partial charge is 0.408 e. The number of para-hydroxylation sites is 1. The predicted octanol–water partition coefficient (Wildman–Crippen LogP) is 4.80. The van der Waals surface area contributed by atoms with Gasteiger partial charge in [-0.25, -0.2) is 9.18 Å². The van der Waals surface area contributed by atoms with Crippen LogP contribution in [0.15, 0.2) is 47.4 Å². The molecular weight excluding hydrogens is 393 g/mol. The lowest BCUT2D eigenvalue weighted by molar-refractivity contribution is -0.109. The van der Waals surface area contributed by atoms with Gasteiger partial charge in [0.2, 0.25) is 0 Å². The molecule has 3 N–H and O–H groups in total. The van der Waals surface area contributed by atoms with Crippen LogP contribution >= 0.6 is 11.8 Å². The van der Waals surface area contributed by atoms with E-state index in [0.29, 0.717) is 17.7 Å². The SMILES string of the molecule is CSc1ccccc1Nc1cc(F)ccc1NCC(C=O)NC(=O)OC(C)(C)C. The number of rotatable bonds is 8. The standard InChI is InChI=1S/C21H26FN3O3S/c1-21(2,3)28-20(27)24-15(13-26)12-23-16-10-9-14(22)11-18(16)25-17-7-5-6-8-19(17)29-4/h5-11,13,15,23,25H,12H2,1-4H3,(H,24,27). The molecule has 0 fully saturated rings. The Morgan fingerprint density at radius 3 is 2.55 bits per heavy atom. The van der Waals surface area contributed by atoms with Crippen LogP contribution in [-0.4, -0.2) is 36.8 Å². The average Bonchev–Trinajstić information content (AvgIpc) is 2.65. The zero-order valence-corrected chi connectivity index (χ0v) is 17.7. The molecule has 1 unspecified atom stereocenters. The second kappa shape index (κ2) is 10.2. The van der Waals surface area contributed by atoms with E-state index in [1.807, 2.05) is 30.5 Å². The number of ether oxygens (including phenoxy) is 1. The van der Waals surface area contributed by atoms with Gasteiger partial charge in [0.15, 0.2) is 0 Å². The van der Waals surface area contributed by atoms with Crippen LogP contribution in [0.25, 0.3) is 0 Å². The van der Waals surface area contributed by atoms with Crippen LogP contribution in [0.2, 0.25) is 0 Å². The number of hydrogen-bond donors (Lipinski definition) is 3. The molecule has 0 aliphatic heterocycles. The Bertz CT molecular complexity index is 855. The monoisotopic (exact) mass is 419 g/mol. The molecule has 8 heteroatoms. The van der Waals surface area contributed by atoms with Crippen molar-refractivity contribution in [2.45, 2.75) is 37.3 Å². The molecule has 0 saturated heterocycles. The fourth-order valence-corrected chi connectivity index (χ4v) is 3.03. The highest BCUT2D eigenvalue weighted by Gasteiger charge is 2.19. The summed E-state index contributed by atoms with van der Waals surface area (Å²) in [5.41, 5.74) is 1.30. The number of hydrogen-bond acceptors (Lipinski definition) is 6. The number of amides is 1. The summed E-state index contributed by atoms with van der Waals surface area (Å²) in [5.74, 6) is -0.390. The third kappa shape index (κ3) is 7.30. The minimum atomic E-state index is -0.804. The highest BCUT2D eigenvalue weighted by atomic mass is 32.2. The van der Waals surface area contributed by atoms with E-state index in [0.717, 1.165) is 10.6 Å². The number of halogens is 1. The Morgan fingerprint density at radius 1 is 1.17 bits per heavy atom. The Hall–Kier alpha value is -2.74. The molecule has 6 nitrogen and oxygen atoms in total. The van der Waals surface area contributed by atoms with E-state index in [2.05, 4.69) is 16.0 Å². The van der Waals surface area contributed by atoms with Crippen molar-refractivity contribution in [3.63, 3.8) is 0 Å². The average molecular weight is 420 g/mol. The molecule has 0 aliphatic carbocycles. The van der Waals surface area contributed by atoms with Crippen LogP contribution in [0.5, 0.6) is 0 Å². The molecular formula is C21H26FN3O3S. The molecule has 0 aromatic heterocycles. The van der Waals surface area contributed by atoms with Gasteiger partial charge in [-0.15, -0.1) is 11.8 Å². The van der Waals surface area contributed by atoms with E-state index in [1.54, 1.807) is 38.6 Å². The highest BCUT2D eigenvalue weighted by molar-refractivity contribution is 7.98. The summed E-state index contributed by atoms with van der Waals surface area (Å²) in [6, 6.07) is 11.2. The molecule has 2 aromatic rings. The first-order valence-corrected chi connectivity index (χ1v) is 10.3. The minimum Gasteiger partial charge on any atom is -0.444 e. The van der Waals surface area contributed by atoms with Crippen molar-refractivity contribution in [3.05, 3.63) is 48.3 Å². The highest BCUT2D eigenvalue weighted by Crippen LogP contribution is 2.31. The summed E-state index contributed by atoms with van der Waals surface area (Å²) < 4.78 is 19.0. The van der Waals surface area contributed by atoms with Gasteiger partial charge in [0, 0.05) is 11.4 Å². The molecule has 29 heavy (non-hydrogen) atoms. The lowest BCUT2D eigenvalue weighted by Gasteiger charge is -2.22. The van der Waals surface area contributed by atoms with Crippen molar-refractivity contribution in [1.82, 2.24) is 5.32 Å². The van der Waals surface area contributed by atoms with Gasteiger partial charge in [-0.2, -0.15) is 0 Å². The first-order chi connectivity index (χ1) is 13.7. The van der Waals surface area contributed by atoms with Gasteiger partial charge < -0.3 is 25.5 Å². The lowest BCUT2D eigenvalue weighted by Crippen LogP contribution is -2.43. The van der Waals surface area contributed by atoms with Gasteiger partial charge in [-0.3, -0.25) is 0 Å². The molecule has 1 amide bonds. The van der Waals surface area contributed by atoms with Crippen molar-refractivity contribution < 1.29 is 18.7 Å². The molecule has 1 atom stereocenters. The number of carbonyl (C=O) groups excluding carboxylic acids is 2. The summed E-state index contributed by atoms with van der Waals surface area (Å²) in [5, 5.41) is 8.81. The summed E-state index contributed by atoms with van der Waals surface area (Å²) in [7, 11) is 0. The molecule has 0 spiro atoms. The van der Waals surface area contributed by atoms with Gasteiger partial charge >= 0.3 is 6.09 Å². The number of aldehydes is 1. The second-order valence-electron chi connectivity index (χ2n) is 7.28. The van der Waals surface area contributed by atoms with Crippen LogP contribution < -0.4 is 16.0 Å². The zero-order valence-electron chi connectivity index (χ0n) is 16.9. The van der Waals surface area contributed by atoms with Crippen molar-refractivity contribution in [1.29, 1.82) is 0 Å². The summed E-state index contributed by atoms with van der Waals surface area (Å²) in [6.45, 7) is 5.34. The normalized spacial score (nSPS) is 12.0. The first-order valence-electron chi connectivity index (χ1n) is 9.10. The Morgan fingerprint density at radius 2 is 1.90 bits per heavy atom. The summed E-state index contributed by atoms with van der Waals surface area (Å²) in [4.78, 5) is 24.2. The van der Waals surface area contributed by atoms with E-state index >= 15 is 0 Å². The third-order valence-corrected chi connectivity index (χ3v) is 4.53. The fourth-order valence-electron chi connectivity index (χ4n) is 2.48. The van der Waals surface area contributed by atoms with Crippen molar-refractivity contribution in [2.24, 2.45) is 0 Å². The van der Waals surface area contributed by atoms with Crippen LogP contribution in [0.4, 0.5) is 26.2 Å². The molecule has 0 saturated carbocycles. The largest absolute Gasteiger partial charge is 0.444 e. The number of anilines is 3. The zero-order chi connectivity index (χ0) is 21.4. The molecule has 0 aliphatic rings. The van der Waals surface area contributed by atoms with E-state index in [9.17, 15) is 14.0 Å². The van der Waals surface area contributed by atoms with E-state index in [1.165, 1.54) is 12.1 Å². The maximum atomic E-state index is 13.8. The van der Waals surface area contributed by atoms with Gasteiger partial charge in [0.05, 0.1) is 17.1 Å². The Kier molecular flexibility index (Phi) is 7.90. The van der Waals surface area contributed by atoms with Gasteiger partial charge in [0.1, 0.15) is 23.7 Å². The van der Waals surface area contributed by atoms with Crippen molar-refractivity contribution in [3.8, 4) is 0 Å². The van der Waals surface area contributed by atoms with Crippen LogP contribution in [0, 0.1) is 5.82 Å². The summed E-state index contributed by atoms with van der Waals surface area (Å²) >= 11 is 1.57. The lowest BCUT2D eigenvalue weighted by atomic mass is 10.2. The molecule has 0 bridgehead atoms. The van der Waals surface area contributed by atoms with Crippen molar-refractivity contribution in [2.75, 3.05) is 23.4 Å². The molecule has 0 radical (unpaired) electrons. The Labute approximate surface area is 174 Å². The maximum absolute atomic E-state index is 13.8. The van der Waals surface area contributed by atoms with E-state index in [-0.39, 0.29) is 6.54 Å². The van der Waals surface area contributed by atoms with Crippen molar-refractivity contribution >= 4 is 41.2 Å². The molecule has 2 rings (SSSR count). The maximum Gasteiger partial charge on any atom is 0.408 e. The van der Waals surface area contributed by atoms with Gasteiger partial charge in [-0.05, 0) is 57.4 Å². The predicted molar refractivity (Wildman–Crippen MR) is 116 cm³/mol. The summed E-state index contributed by atoms with van der Waals surface area (Å²) in [6.07, 6.45) is 1.90. The number of benzene rings is 2. The minimum absolute atomic E-state index is 0.118. The van der Waals surface area contributed by atoms with E-state index in [4.69, 9.17) is 4.74 Å². The molecule has 156 valence electrons. The number of thioether (sulfide) groups is 1. The van der Waals surface area contributed by atoms with Gasteiger partial charge in [0.25, 0.3) is 0 Å². The van der Waals surface area contributed by atoms with Crippen LogP contribution in [-0.2, 0) is 9.53 Å². The van der Waals surface area contributed by atoms with Crippen LogP contribution in [0.3, 0.4) is 0 Å². The fraction of sp³-hybridized carbons (Fsp3) is 0.333. The first kappa shape index (κ1) is 22.5. The second-order valence-corrected chi connectivity index (χ2v) is 8.13. The third-order valence-electron chi connectivity index (χ3n) is 3.74. The van der Waals surface area contributed by atoms with Crippen LogP contribution in [0.1, 0.15) is 20.8 Å². The molecule has 2 aromatic carbocycles. The topological polar surface area (TPSA) is 79.5 Å². The Balaban J connectivity index is 2.10. The number of nitrogens with one attached hydrogen (secondary N) is 3. The molecule has 0 heterocycles. The van der Waals surface area contributed by atoms with Gasteiger partial charge in [-0.1, -0.05) is 12.1 Å². The number of alkyl carbamates (subject to hydrolysis) is 1. The quantitative estimate of drug-likeness (QED) is 0.422.